The van der Waals surface area contributed by atoms with Gasteiger partial charge in [-0.05, 0) is 116 Å². The summed E-state index contributed by atoms with van der Waals surface area (Å²) in [6.45, 7) is 8.79. The highest BCUT2D eigenvalue weighted by Crippen LogP contribution is 2.50. The van der Waals surface area contributed by atoms with Crippen molar-refractivity contribution in [2.75, 3.05) is 4.90 Å². The lowest BCUT2D eigenvalue weighted by molar-refractivity contribution is 0.630. The summed E-state index contributed by atoms with van der Waals surface area (Å²) in [7, 11) is 0. The maximum Gasteiger partial charge on any atom is 0.0582 e. The highest BCUT2D eigenvalue weighted by atomic mass is 15.2. The van der Waals surface area contributed by atoms with Crippen LogP contribution in [0.4, 0.5) is 11.4 Å². The molecule has 2 nitrogen and oxygen atoms in total. The van der Waals surface area contributed by atoms with E-state index in [4.69, 9.17) is 0 Å². The van der Waals surface area contributed by atoms with E-state index in [0.29, 0.717) is 5.92 Å². The van der Waals surface area contributed by atoms with Crippen LogP contribution in [0.15, 0.2) is 187 Å². The monoisotopic (exact) mass is 708 g/mol. The zero-order valence-corrected chi connectivity index (χ0v) is 31.9. The minimum absolute atomic E-state index is 0.176. The lowest BCUT2D eigenvalue weighted by Gasteiger charge is -2.35. The van der Waals surface area contributed by atoms with E-state index in [-0.39, 0.29) is 5.41 Å². The van der Waals surface area contributed by atoms with Crippen molar-refractivity contribution in [3.8, 4) is 16.8 Å². The van der Waals surface area contributed by atoms with Gasteiger partial charge in [0.1, 0.15) is 0 Å². The van der Waals surface area contributed by atoms with Gasteiger partial charge in [0, 0.05) is 39.2 Å². The van der Waals surface area contributed by atoms with Crippen LogP contribution in [-0.2, 0) is 5.41 Å². The van der Waals surface area contributed by atoms with Crippen molar-refractivity contribution in [2.24, 2.45) is 5.92 Å². The number of allylic oxidation sites excluding steroid dienone is 8. The van der Waals surface area contributed by atoms with E-state index in [9.17, 15) is 0 Å². The molecule has 0 saturated carbocycles. The fourth-order valence-electron chi connectivity index (χ4n) is 9.29. The first kappa shape index (κ1) is 33.2. The van der Waals surface area contributed by atoms with Crippen molar-refractivity contribution in [1.82, 2.24) is 4.57 Å². The highest BCUT2D eigenvalue weighted by molar-refractivity contribution is 6.14. The van der Waals surface area contributed by atoms with E-state index in [2.05, 4.69) is 199 Å². The van der Waals surface area contributed by atoms with E-state index in [0.717, 1.165) is 6.42 Å². The Balaban J connectivity index is 0.00000183. The summed E-state index contributed by atoms with van der Waals surface area (Å²) in [5.41, 5.74) is 13.9. The summed E-state index contributed by atoms with van der Waals surface area (Å²) in [6, 6.07) is 52.2. The topological polar surface area (TPSA) is 8.17 Å². The third-order valence-electron chi connectivity index (χ3n) is 12.0. The second-order valence-corrected chi connectivity index (χ2v) is 15.4. The zero-order valence-electron chi connectivity index (χ0n) is 31.9. The third-order valence-corrected chi connectivity index (χ3v) is 12.0. The summed E-state index contributed by atoms with van der Waals surface area (Å²) < 4.78 is 2.53. The number of hydrogen-bond donors (Lipinski definition) is 0. The first-order valence-corrected chi connectivity index (χ1v) is 19.8. The number of aromatic nitrogens is 1. The fourth-order valence-corrected chi connectivity index (χ4v) is 9.29. The molecule has 2 aliphatic carbocycles. The van der Waals surface area contributed by atoms with Crippen molar-refractivity contribution in [3.63, 3.8) is 0 Å². The largest absolute Gasteiger partial charge is 0.314 e. The summed E-state index contributed by atoms with van der Waals surface area (Å²) in [5, 5.41) is 7.59. The van der Waals surface area contributed by atoms with Gasteiger partial charge in [-0.2, -0.15) is 0 Å². The zero-order chi connectivity index (χ0) is 37.3. The van der Waals surface area contributed by atoms with E-state index >= 15 is 0 Å². The Labute approximate surface area is 323 Å². The Hall–Kier alpha value is -6.38. The van der Waals surface area contributed by atoms with E-state index in [1.165, 1.54) is 93.9 Å². The number of rotatable bonds is 4. The average Bonchev–Trinajstić information content (AvgIpc) is 3.57. The molecule has 0 amide bonds. The molecule has 1 aliphatic heterocycles. The van der Waals surface area contributed by atoms with E-state index in [1.54, 1.807) is 0 Å². The van der Waals surface area contributed by atoms with Crippen molar-refractivity contribution in [1.29, 1.82) is 0 Å². The molecular weight excluding hydrogens is 665 g/mol. The van der Waals surface area contributed by atoms with Gasteiger partial charge in [-0.3, -0.25) is 0 Å². The van der Waals surface area contributed by atoms with Gasteiger partial charge >= 0.3 is 0 Å². The molecule has 1 unspecified atom stereocenters. The van der Waals surface area contributed by atoms with Crippen LogP contribution in [-0.4, -0.2) is 4.57 Å². The maximum atomic E-state index is 2.53. The number of para-hydroxylation sites is 1. The van der Waals surface area contributed by atoms with Crippen LogP contribution in [0.1, 0.15) is 45.2 Å². The van der Waals surface area contributed by atoms with Gasteiger partial charge in [0.15, 0.2) is 0 Å². The molecule has 3 aliphatic rings. The van der Waals surface area contributed by atoms with E-state index in [1.807, 2.05) is 13.8 Å². The van der Waals surface area contributed by atoms with Gasteiger partial charge < -0.3 is 9.47 Å². The molecule has 7 aromatic carbocycles. The quantitative estimate of drug-likeness (QED) is 0.177. The molecule has 8 aromatic rings. The SMILES string of the molecule is CC.CC1(C)c2ccccc2-n2c3ccc(N(C4=CC=C5C=CC=CC5C4)c4ccc5ccccc5c4)cc3c3cc(-c4ccc5ccccc5c4)cc1c32. The van der Waals surface area contributed by atoms with Gasteiger partial charge in [-0.15, -0.1) is 0 Å². The summed E-state index contributed by atoms with van der Waals surface area (Å²) >= 11 is 0. The highest BCUT2D eigenvalue weighted by Gasteiger charge is 2.36. The van der Waals surface area contributed by atoms with Crippen LogP contribution in [0.25, 0.3) is 60.2 Å². The predicted molar refractivity (Wildman–Crippen MR) is 236 cm³/mol. The molecule has 1 atom stereocenters. The van der Waals surface area contributed by atoms with Crippen molar-refractivity contribution in [3.05, 3.63) is 198 Å². The fraction of sp³-hybridized carbons (Fsp3) is 0.132. The molecule has 2 heteroatoms. The summed E-state index contributed by atoms with van der Waals surface area (Å²) in [6.07, 6.45) is 14.5. The Morgan fingerprint density at radius 2 is 1.27 bits per heavy atom. The molecule has 0 fully saturated rings. The lowest BCUT2D eigenvalue weighted by Crippen LogP contribution is -2.26. The van der Waals surface area contributed by atoms with Crippen LogP contribution in [0, 0.1) is 5.92 Å². The molecule has 0 spiro atoms. The second-order valence-electron chi connectivity index (χ2n) is 15.4. The molecule has 0 N–H and O–H groups in total. The molecule has 0 saturated heterocycles. The second kappa shape index (κ2) is 12.9. The number of benzene rings is 7. The molecule has 266 valence electrons. The Kier molecular flexibility index (Phi) is 7.78. The van der Waals surface area contributed by atoms with Crippen molar-refractivity contribution in [2.45, 2.75) is 39.5 Å². The number of anilines is 2. The Morgan fingerprint density at radius 1 is 0.582 bits per heavy atom. The third kappa shape index (κ3) is 5.23. The predicted octanol–water partition coefficient (Wildman–Crippen LogP) is 14.5. The standard InChI is InChI=1S/C51H38N2.C2H6/c1-51(2)46-17-9-10-18-49(46)53-48-26-25-43(32-44(48)45-30-40(31-47(51)50(45)53)39-20-19-33-11-3-6-14-36(33)27-39)52(41-23-21-34-12-4-7-15-37(34)28-41)42-24-22-35-13-5-8-16-38(35)29-42;1-2/h3-28,30-32,38H,29H2,1-2H3;1-2H3. The average molecular weight is 709 g/mol. The molecule has 55 heavy (non-hydrogen) atoms. The molecule has 0 bridgehead atoms. The minimum atomic E-state index is -0.176. The number of nitrogens with zero attached hydrogens (tertiary/aromatic N) is 2. The van der Waals surface area contributed by atoms with Gasteiger partial charge in [0.2, 0.25) is 0 Å². The minimum Gasteiger partial charge on any atom is -0.314 e. The lowest BCUT2D eigenvalue weighted by atomic mass is 9.74. The van der Waals surface area contributed by atoms with Gasteiger partial charge in [0.25, 0.3) is 0 Å². The molecular formula is C53H44N2. The summed E-state index contributed by atoms with van der Waals surface area (Å²) in [5.74, 6) is 0.369. The first-order chi connectivity index (χ1) is 27.0. The Bertz CT molecular complexity index is 2960. The maximum absolute atomic E-state index is 2.53. The van der Waals surface area contributed by atoms with Gasteiger partial charge in [-0.25, -0.2) is 0 Å². The smallest absolute Gasteiger partial charge is 0.0582 e. The molecule has 1 aromatic heterocycles. The van der Waals surface area contributed by atoms with Gasteiger partial charge in [-0.1, -0.05) is 143 Å². The van der Waals surface area contributed by atoms with Crippen LogP contribution in [0.5, 0.6) is 0 Å². The van der Waals surface area contributed by atoms with Crippen LogP contribution in [0.3, 0.4) is 0 Å². The van der Waals surface area contributed by atoms with Gasteiger partial charge in [0.05, 0.1) is 16.7 Å². The van der Waals surface area contributed by atoms with Crippen LogP contribution in [0.2, 0.25) is 0 Å². The number of fused-ring (bicyclic) bond motifs is 8. The molecule has 0 radical (unpaired) electrons. The molecule has 11 rings (SSSR count). The van der Waals surface area contributed by atoms with Crippen LogP contribution < -0.4 is 4.90 Å². The molecule has 2 heterocycles. The Morgan fingerprint density at radius 3 is 2.09 bits per heavy atom. The van der Waals surface area contributed by atoms with E-state index < -0.39 is 0 Å². The summed E-state index contributed by atoms with van der Waals surface area (Å²) in [4.78, 5) is 2.50. The normalized spacial score (nSPS) is 16.3. The van der Waals surface area contributed by atoms with Crippen molar-refractivity contribution < 1.29 is 0 Å². The van der Waals surface area contributed by atoms with Crippen LogP contribution >= 0.6 is 0 Å². The van der Waals surface area contributed by atoms with Crippen molar-refractivity contribution >= 4 is 54.7 Å². The first-order valence-electron chi connectivity index (χ1n) is 19.8. The number of hydrogen-bond acceptors (Lipinski definition) is 1.